The van der Waals surface area contributed by atoms with Crippen LogP contribution in [-0.4, -0.2) is 7.11 Å². The zero-order valence-corrected chi connectivity index (χ0v) is 13.6. The summed E-state index contributed by atoms with van der Waals surface area (Å²) >= 11 is 7.96. The van der Waals surface area contributed by atoms with E-state index in [4.69, 9.17) is 22.2 Å². The largest absolute Gasteiger partial charge is 0.495 e. The Balaban J connectivity index is 1.96. The van der Waals surface area contributed by atoms with E-state index < -0.39 is 0 Å². The van der Waals surface area contributed by atoms with Crippen LogP contribution >= 0.6 is 22.9 Å². The molecule has 112 valence electrons. The topological polar surface area (TPSA) is 47.3 Å². The van der Waals surface area contributed by atoms with Gasteiger partial charge in [-0.25, -0.2) is 5.43 Å². The third-order valence-electron chi connectivity index (χ3n) is 3.98. The summed E-state index contributed by atoms with van der Waals surface area (Å²) in [5.41, 5.74) is 5.48. The molecule has 21 heavy (non-hydrogen) atoms. The molecule has 1 unspecified atom stereocenters. The van der Waals surface area contributed by atoms with Gasteiger partial charge in [0.2, 0.25) is 0 Å². The summed E-state index contributed by atoms with van der Waals surface area (Å²) in [5.74, 6) is 6.48. The molecule has 0 amide bonds. The van der Waals surface area contributed by atoms with Crippen LogP contribution in [-0.2, 0) is 12.8 Å². The predicted molar refractivity (Wildman–Crippen MR) is 88.1 cm³/mol. The molecule has 1 heterocycles. The molecule has 0 radical (unpaired) electrons. The monoisotopic (exact) mass is 322 g/mol. The van der Waals surface area contributed by atoms with Crippen LogP contribution in [0.1, 0.15) is 39.8 Å². The summed E-state index contributed by atoms with van der Waals surface area (Å²) in [4.78, 5) is 2.77. The van der Waals surface area contributed by atoms with Crippen molar-refractivity contribution in [3.8, 4) is 5.75 Å². The first-order valence-electron chi connectivity index (χ1n) is 7.14. The van der Waals surface area contributed by atoms with Gasteiger partial charge < -0.3 is 4.74 Å². The minimum Gasteiger partial charge on any atom is -0.495 e. The van der Waals surface area contributed by atoms with E-state index in [2.05, 4.69) is 11.5 Å². The maximum Gasteiger partial charge on any atom is 0.137 e. The molecule has 0 aliphatic heterocycles. The van der Waals surface area contributed by atoms with Crippen LogP contribution in [0, 0.1) is 0 Å². The Morgan fingerprint density at radius 2 is 2.10 bits per heavy atom. The van der Waals surface area contributed by atoms with Gasteiger partial charge in [0.25, 0.3) is 0 Å². The molecule has 3 nitrogen and oxygen atoms in total. The number of nitrogens with two attached hydrogens (primary N) is 1. The fourth-order valence-electron chi connectivity index (χ4n) is 2.85. The fourth-order valence-corrected chi connectivity index (χ4v) is 4.40. The van der Waals surface area contributed by atoms with Crippen molar-refractivity contribution >= 4 is 22.9 Å². The summed E-state index contributed by atoms with van der Waals surface area (Å²) in [6.45, 7) is 0. The molecule has 1 atom stereocenters. The van der Waals surface area contributed by atoms with E-state index >= 15 is 0 Å². The number of ether oxygens (including phenoxy) is 1. The number of methoxy groups -OCH3 is 1. The van der Waals surface area contributed by atoms with Gasteiger partial charge in [0.1, 0.15) is 5.75 Å². The zero-order valence-electron chi connectivity index (χ0n) is 12.0. The second-order valence-electron chi connectivity index (χ2n) is 5.30. The van der Waals surface area contributed by atoms with Crippen molar-refractivity contribution in [2.45, 2.75) is 31.7 Å². The van der Waals surface area contributed by atoms with Crippen LogP contribution in [0.25, 0.3) is 0 Å². The maximum atomic E-state index is 6.10. The Morgan fingerprint density at radius 3 is 2.81 bits per heavy atom. The average Bonchev–Trinajstić information content (AvgIpc) is 2.93. The Kier molecular flexibility index (Phi) is 4.50. The van der Waals surface area contributed by atoms with Crippen molar-refractivity contribution in [1.82, 2.24) is 5.43 Å². The van der Waals surface area contributed by atoms with E-state index in [0.29, 0.717) is 10.8 Å². The first-order valence-corrected chi connectivity index (χ1v) is 8.33. The van der Waals surface area contributed by atoms with Gasteiger partial charge in [-0.15, -0.1) is 11.3 Å². The van der Waals surface area contributed by atoms with Crippen LogP contribution in [0.15, 0.2) is 24.3 Å². The first-order chi connectivity index (χ1) is 10.2. The number of nitrogens with one attached hydrogen (secondary N) is 1. The molecule has 0 bridgehead atoms. The minimum atomic E-state index is -0.0215. The molecule has 0 spiro atoms. The number of hydrazine groups is 1. The summed E-state index contributed by atoms with van der Waals surface area (Å²) < 4.78 is 5.30. The van der Waals surface area contributed by atoms with Gasteiger partial charge in [-0.1, -0.05) is 17.7 Å². The molecule has 1 aromatic heterocycles. The van der Waals surface area contributed by atoms with Crippen molar-refractivity contribution in [1.29, 1.82) is 0 Å². The highest BCUT2D eigenvalue weighted by Gasteiger charge is 2.20. The van der Waals surface area contributed by atoms with Gasteiger partial charge >= 0.3 is 0 Å². The highest BCUT2D eigenvalue weighted by molar-refractivity contribution is 7.12. The number of rotatable bonds is 4. The van der Waals surface area contributed by atoms with E-state index in [-0.39, 0.29) is 6.04 Å². The normalized spacial score (nSPS) is 15.6. The summed E-state index contributed by atoms with van der Waals surface area (Å²) in [7, 11) is 1.62. The van der Waals surface area contributed by atoms with Gasteiger partial charge in [0.05, 0.1) is 18.2 Å². The molecular weight excluding hydrogens is 304 g/mol. The molecule has 3 N–H and O–H groups in total. The molecular formula is C16H19ClN2OS. The third kappa shape index (κ3) is 2.94. The van der Waals surface area contributed by atoms with E-state index in [1.54, 1.807) is 7.11 Å². The van der Waals surface area contributed by atoms with Gasteiger partial charge in [-0.2, -0.15) is 0 Å². The first kappa shape index (κ1) is 14.9. The zero-order chi connectivity index (χ0) is 14.8. The van der Waals surface area contributed by atoms with Crippen molar-refractivity contribution in [2.75, 3.05) is 7.11 Å². The number of thiophene rings is 1. The molecule has 2 aromatic rings. The fraction of sp³-hybridized carbons (Fsp3) is 0.375. The summed E-state index contributed by atoms with van der Waals surface area (Å²) in [5, 5.41) is 0.613. The quantitative estimate of drug-likeness (QED) is 0.664. The van der Waals surface area contributed by atoms with Gasteiger partial charge in [-0.05, 0) is 55.0 Å². The Bertz CT molecular complexity index is 618. The van der Waals surface area contributed by atoms with Crippen molar-refractivity contribution in [3.63, 3.8) is 0 Å². The van der Waals surface area contributed by atoms with Gasteiger partial charge in [0.15, 0.2) is 0 Å². The lowest BCUT2D eigenvalue weighted by Crippen LogP contribution is -2.28. The average molecular weight is 323 g/mol. The van der Waals surface area contributed by atoms with Crippen molar-refractivity contribution < 1.29 is 4.74 Å². The lowest BCUT2D eigenvalue weighted by molar-refractivity contribution is 0.414. The van der Waals surface area contributed by atoms with Crippen LogP contribution in [0.5, 0.6) is 5.75 Å². The predicted octanol–water partition coefficient (Wildman–Crippen LogP) is 3.84. The number of fused-ring (bicyclic) bond motifs is 1. The molecule has 0 fully saturated rings. The Labute approximate surface area is 134 Å². The van der Waals surface area contributed by atoms with E-state index in [1.807, 2.05) is 29.5 Å². The highest BCUT2D eigenvalue weighted by Crippen LogP contribution is 2.36. The molecule has 0 saturated heterocycles. The number of hydrogen-bond donors (Lipinski definition) is 2. The smallest absolute Gasteiger partial charge is 0.137 e. The number of aryl methyl sites for hydroxylation is 2. The van der Waals surface area contributed by atoms with Crippen molar-refractivity contribution in [2.24, 2.45) is 5.84 Å². The van der Waals surface area contributed by atoms with Gasteiger partial charge in [-0.3, -0.25) is 5.84 Å². The molecule has 1 aromatic carbocycles. The van der Waals surface area contributed by atoms with Crippen LogP contribution < -0.4 is 16.0 Å². The van der Waals surface area contributed by atoms with Crippen LogP contribution in [0.3, 0.4) is 0 Å². The summed E-state index contributed by atoms with van der Waals surface area (Å²) in [6.07, 6.45) is 4.97. The number of hydrogen-bond acceptors (Lipinski definition) is 4. The second kappa shape index (κ2) is 6.36. The molecule has 1 aliphatic carbocycles. The highest BCUT2D eigenvalue weighted by atomic mass is 35.5. The lowest BCUT2D eigenvalue weighted by Gasteiger charge is -2.16. The van der Waals surface area contributed by atoms with Crippen molar-refractivity contribution in [3.05, 3.63) is 50.2 Å². The van der Waals surface area contributed by atoms with Crippen LogP contribution in [0.2, 0.25) is 5.02 Å². The number of halogens is 1. The third-order valence-corrected chi connectivity index (χ3v) is 5.59. The van der Waals surface area contributed by atoms with Gasteiger partial charge in [0, 0.05) is 9.75 Å². The molecule has 1 aliphatic rings. The summed E-state index contributed by atoms with van der Waals surface area (Å²) in [6, 6.07) is 8.07. The lowest BCUT2D eigenvalue weighted by atomic mass is 9.98. The molecule has 5 heteroatoms. The minimum absolute atomic E-state index is 0.0215. The Morgan fingerprint density at radius 1 is 1.29 bits per heavy atom. The Hall–Kier alpha value is -1.07. The van der Waals surface area contributed by atoms with E-state index in [9.17, 15) is 0 Å². The van der Waals surface area contributed by atoms with E-state index in [0.717, 1.165) is 5.56 Å². The SMILES string of the molecule is COc1cc(C(NN)c2cc3c(s2)CCCC3)ccc1Cl. The van der Waals surface area contributed by atoms with E-state index in [1.165, 1.54) is 41.0 Å². The standard InChI is InChI=1S/C16H19ClN2OS/c1-20-13-8-11(6-7-12(13)17)16(19-18)15-9-10-4-2-3-5-14(10)21-15/h6-9,16,19H,2-5,18H2,1H3. The molecule has 0 saturated carbocycles. The molecule has 3 rings (SSSR count). The number of benzene rings is 1. The maximum absolute atomic E-state index is 6.10. The second-order valence-corrected chi connectivity index (χ2v) is 6.87. The van der Waals surface area contributed by atoms with Crippen LogP contribution in [0.4, 0.5) is 0 Å².